The summed E-state index contributed by atoms with van der Waals surface area (Å²) in [6.07, 6.45) is 16.5. The molecule has 1 aromatic carbocycles. The molecule has 1 rings (SSSR count). The van der Waals surface area contributed by atoms with Gasteiger partial charge < -0.3 is 9.47 Å². The molecule has 0 aliphatic heterocycles. The fraction of sp³-hybridized carbons (Fsp3) is 0.692. The Morgan fingerprint density at radius 3 is 1.61 bits per heavy atom. The number of unbranched alkanes of at least 4 members (excludes halogenated alkanes) is 12. The molecule has 31 heavy (non-hydrogen) atoms. The number of esters is 2. The fourth-order valence-electron chi connectivity index (χ4n) is 3.42. The van der Waals surface area contributed by atoms with E-state index in [1.54, 1.807) is 18.2 Å². The van der Waals surface area contributed by atoms with Crippen LogP contribution in [0.1, 0.15) is 124 Å². The first-order chi connectivity index (χ1) is 15.1. The summed E-state index contributed by atoms with van der Waals surface area (Å²) in [6, 6.07) is 4.89. The van der Waals surface area contributed by atoms with Crippen LogP contribution in [-0.2, 0) is 9.47 Å². The van der Waals surface area contributed by atoms with Crippen molar-refractivity contribution in [1.29, 1.82) is 0 Å². The Bertz CT molecular complexity index is 630. The molecule has 0 atom stereocenters. The van der Waals surface area contributed by atoms with Crippen LogP contribution < -0.4 is 0 Å². The van der Waals surface area contributed by atoms with Gasteiger partial charge in [0.15, 0.2) is 0 Å². The highest BCUT2D eigenvalue weighted by molar-refractivity contribution is 9.10. The monoisotopic (exact) mass is 496 g/mol. The largest absolute Gasteiger partial charge is 0.462 e. The lowest BCUT2D eigenvalue weighted by Gasteiger charge is -2.09. The van der Waals surface area contributed by atoms with Crippen LogP contribution in [-0.4, -0.2) is 25.2 Å². The Morgan fingerprint density at radius 1 is 0.677 bits per heavy atom. The first-order valence-electron chi connectivity index (χ1n) is 12.2. The van der Waals surface area contributed by atoms with Crippen molar-refractivity contribution < 1.29 is 19.1 Å². The number of carbonyl (C=O) groups excluding carboxylic acids is 2. The summed E-state index contributed by atoms with van der Waals surface area (Å²) in [4.78, 5) is 24.5. The summed E-state index contributed by atoms with van der Waals surface area (Å²) < 4.78 is 11.3. The molecular weight excluding hydrogens is 456 g/mol. The van der Waals surface area contributed by atoms with E-state index in [9.17, 15) is 9.59 Å². The Labute approximate surface area is 197 Å². The van der Waals surface area contributed by atoms with Crippen molar-refractivity contribution in [1.82, 2.24) is 0 Å². The van der Waals surface area contributed by atoms with Crippen LogP contribution in [0.2, 0.25) is 0 Å². The molecule has 0 aromatic heterocycles. The van der Waals surface area contributed by atoms with Crippen LogP contribution in [0.5, 0.6) is 0 Å². The van der Waals surface area contributed by atoms with Crippen molar-refractivity contribution in [2.45, 2.75) is 104 Å². The van der Waals surface area contributed by atoms with Gasteiger partial charge in [0.25, 0.3) is 0 Å². The minimum Gasteiger partial charge on any atom is -0.462 e. The van der Waals surface area contributed by atoms with Gasteiger partial charge in [0.2, 0.25) is 0 Å². The highest BCUT2D eigenvalue weighted by atomic mass is 79.9. The summed E-state index contributed by atoms with van der Waals surface area (Å²) in [7, 11) is 0. The van der Waals surface area contributed by atoms with E-state index in [-0.39, 0.29) is 11.9 Å². The maximum absolute atomic E-state index is 12.3. The molecule has 0 N–H and O–H groups in total. The maximum atomic E-state index is 12.3. The zero-order valence-electron chi connectivity index (χ0n) is 19.6. The summed E-state index contributed by atoms with van der Waals surface area (Å²) in [6.45, 7) is 5.29. The lowest BCUT2D eigenvalue weighted by molar-refractivity contribution is 0.0482. The van der Waals surface area contributed by atoms with Crippen molar-refractivity contribution in [3.63, 3.8) is 0 Å². The third kappa shape index (κ3) is 12.9. The average molecular weight is 498 g/mol. The van der Waals surface area contributed by atoms with E-state index in [1.807, 2.05) is 0 Å². The molecule has 0 saturated heterocycles. The van der Waals surface area contributed by atoms with E-state index in [4.69, 9.17) is 9.47 Å². The number of carbonyl (C=O) groups is 2. The summed E-state index contributed by atoms with van der Waals surface area (Å²) in [5, 5.41) is 0. The zero-order chi connectivity index (χ0) is 22.7. The first-order valence-corrected chi connectivity index (χ1v) is 13.0. The molecule has 0 bridgehead atoms. The molecule has 0 radical (unpaired) electrons. The second-order valence-corrected chi connectivity index (χ2v) is 9.06. The molecule has 0 spiro atoms. The normalized spacial score (nSPS) is 10.8. The number of ether oxygens (including phenoxy) is 2. The van der Waals surface area contributed by atoms with Crippen LogP contribution in [0.4, 0.5) is 0 Å². The van der Waals surface area contributed by atoms with E-state index < -0.39 is 0 Å². The Morgan fingerprint density at radius 2 is 1.13 bits per heavy atom. The van der Waals surface area contributed by atoms with Gasteiger partial charge in [0.05, 0.1) is 24.3 Å². The number of hydrogen-bond acceptors (Lipinski definition) is 4. The molecule has 176 valence electrons. The van der Waals surface area contributed by atoms with Gasteiger partial charge in [0, 0.05) is 4.47 Å². The molecular formula is C26H41BrO4. The molecule has 5 heteroatoms. The number of rotatable bonds is 18. The number of hydrogen-bond donors (Lipinski definition) is 0. The van der Waals surface area contributed by atoms with Gasteiger partial charge in [-0.3, -0.25) is 0 Å². The van der Waals surface area contributed by atoms with Gasteiger partial charge >= 0.3 is 11.9 Å². The minimum absolute atomic E-state index is 0.352. The molecule has 4 nitrogen and oxygen atoms in total. The molecule has 0 aliphatic rings. The van der Waals surface area contributed by atoms with E-state index >= 15 is 0 Å². The quantitative estimate of drug-likeness (QED) is 0.151. The van der Waals surface area contributed by atoms with E-state index in [0.29, 0.717) is 28.8 Å². The fourth-order valence-corrected chi connectivity index (χ4v) is 3.96. The van der Waals surface area contributed by atoms with Gasteiger partial charge in [-0.2, -0.15) is 0 Å². The summed E-state index contributed by atoms with van der Waals surface area (Å²) in [5.74, 6) is -0.712. The van der Waals surface area contributed by atoms with Crippen molar-refractivity contribution >= 4 is 27.9 Å². The van der Waals surface area contributed by atoms with E-state index in [1.165, 1.54) is 64.2 Å². The second-order valence-electron chi connectivity index (χ2n) is 8.21. The van der Waals surface area contributed by atoms with Crippen LogP contribution in [0.25, 0.3) is 0 Å². The molecule has 1 aromatic rings. The molecule has 0 fully saturated rings. The number of halogens is 1. The third-order valence-corrected chi connectivity index (χ3v) is 6.04. The molecule has 0 aliphatic carbocycles. The molecule has 0 unspecified atom stereocenters. The highest BCUT2D eigenvalue weighted by Crippen LogP contribution is 2.21. The number of benzene rings is 1. The Hall–Kier alpha value is -1.36. The van der Waals surface area contributed by atoms with Gasteiger partial charge in [-0.05, 0) is 47.0 Å². The third-order valence-electron chi connectivity index (χ3n) is 5.39. The van der Waals surface area contributed by atoms with Crippen LogP contribution in [0.15, 0.2) is 22.7 Å². The maximum Gasteiger partial charge on any atom is 0.339 e. The van der Waals surface area contributed by atoms with Gasteiger partial charge in [0.1, 0.15) is 0 Å². The van der Waals surface area contributed by atoms with E-state index in [2.05, 4.69) is 29.8 Å². The topological polar surface area (TPSA) is 52.6 Å². The van der Waals surface area contributed by atoms with Crippen LogP contribution >= 0.6 is 15.9 Å². The molecule has 0 heterocycles. The summed E-state index contributed by atoms with van der Waals surface area (Å²) in [5.41, 5.74) is 0.880. The van der Waals surface area contributed by atoms with Gasteiger partial charge in [-0.15, -0.1) is 0 Å². The zero-order valence-corrected chi connectivity index (χ0v) is 21.1. The van der Waals surface area contributed by atoms with Crippen molar-refractivity contribution in [2.75, 3.05) is 13.2 Å². The van der Waals surface area contributed by atoms with Crippen molar-refractivity contribution in [3.05, 3.63) is 33.8 Å². The first kappa shape index (κ1) is 27.7. The minimum atomic E-state index is -0.360. The lowest BCUT2D eigenvalue weighted by Crippen LogP contribution is -2.10. The average Bonchev–Trinajstić information content (AvgIpc) is 2.77. The van der Waals surface area contributed by atoms with Gasteiger partial charge in [-0.1, -0.05) is 90.9 Å². The lowest BCUT2D eigenvalue weighted by atomic mass is 10.1. The van der Waals surface area contributed by atoms with Crippen LogP contribution in [0.3, 0.4) is 0 Å². The second kappa shape index (κ2) is 18.2. The highest BCUT2D eigenvalue weighted by Gasteiger charge is 2.15. The van der Waals surface area contributed by atoms with Crippen molar-refractivity contribution in [3.8, 4) is 0 Å². The predicted octanol–water partition coefficient (Wildman–Crippen LogP) is 8.26. The van der Waals surface area contributed by atoms with Gasteiger partial charge in [-0.25, -0.2) is 9.59 Å². The smallest absolute Gasteiger partial charge is 0.339 e. The summed E-state index contributed by atoms with van der Waals surface area (Å²) >= 11 is 3.39. The Balaban J connectivity index is 2.26. The SMILES string of the molecule is CCCCCCCCCOC(=O)c1ccc(C(=O)OCCCCCCCCC)c(Br)c1. The molecule has 0 saturated carbocycles. The molecule has 0 amide bonds. The predicted molar refractivity (Wildman–Crippen MR) is 131 cm³/mol. The standard InChI is InChI=1S/C26H41BrO4/c1-3-5-7-9-11-13-15-19-30-25(28)22-17-18-23(24(27)21-22)26(29)31-20-16-14-12-10-8-6-4-2/h17-18,21H,3-16,19-20H2,1-2H3. The van der Waals surface area contributed by atoms with Crippen molar-refractivity contribution in [2.24, 2.45) is 0 Å². The van der Waals surface area contributed by atoms with Crippen LogP contribution in [0, 0.1) is 0 Å². The Kier molecular flexibility index (Phi) is 16.3. The van der Waals surface area contributed by atoms with E-state index in [0.717, 1.165) is 25.7 Å².